The lowest BCUT2D eigenvalue weighted by Crippen LogP contribution is -2.14. The van der Waals surface area contributed by atoms with Crippen LogP contribution in [0, 0.1) is 5.82 Å². The zero-order valence-corrected chi connectivity index (χ0v) is 13.2. The Kier molecular flexibility index (Phi) is 4.36. The van der Waals surface area contributed by atoms with Crippen LogP contribution in [0.1, 0.15) is 11.7 Å². The fourth-order valence-corrected chi connectivity index (χ4v) is 2.63. The predicted octanol–water partition coefficient (Wildman–Crippen LogP) is 4.28. The van der Waals surface area contributed by atoms with Crippen molar-refractivity contribution in [1.82, 2.24) is 4.98 Å². The number of anilines is 1. The molecule has 112 valence electrons. The molecule has 0 amide bonds. The summed E-state index contributed by atoms with van der Waals surface area (Å²) in [6, 6.07) is 15.8. The Labute approximate surface area is 135 Å². The van der Waals surface area contributed by atoms with Crippen molar-refractivity contribution in [3.8, 4) is 0 Å². The van der Waals surface area contributed by atoms with E-state index < -0.39 is 11.9 Å². The van der Waals surface area contributed by atoms with Crippen molar-refractivity contribution < 1.29 is 9.50 Å². The highest BCUT2D eigenvalue weighted by Crippen LogP contribution is 2.21. The van der Waals surface area contributed by atoms with Crippen molar-refractivity contribution in [2.75, 3.05) is 11.9 Å². The summed E-state index contributed by atoms with van der Waals surface area (Å²) in [7, 11) is 0. The molecule has 5 heteroatoms. The molecule has 2 N–H and O–H groups in total. The summed E-state index contributed by atoms with van der Waals surface area (Å²) in [5.74, 6) is 0.235. The third kappa shape index (κ3) is 3.26. The van der Waals surface area contributed by atoms with Crippen LogP contribution in [-0.2, 0) is 0 Å². The van der Waals surface area contributed by atoms with Crippen LogP contribution in [0.3, 0.4) is 0 Å². The molecule has 0 radical (unpaired) electrons. The van der Waals surface area contributed by atoms with Gasteiger partial charge in [0.05, 0.1) is 11.6 Å². The SMILES string of the molecule is OC(CNc1ccc2cc(Br)ccc2n1)c1ccccc1F. The fourth-order valence-electron chi connectivity index (χ4n) is 2.25. The van der Waals surface area contributed by atoms with Crippen LogP contribution in [0.4, 0.5) is 10.2 Å². The van der Waals surface area contributed by atoms with Crippen molar-refractivity contribution >= 4 is 32.7 Å². The van der Waals surface area contributed by atoms with Crippen LogP contribution in [0.5, 0.6) is 0 Å². The van der Waals surface area contributed by atoms with Crippen LogP contribution >= 0.6 is 15.9 Å². The lowest BCUT2D eigenvalue weighted by atomic mass is 10.1. The molecular formula is C17H14BrFN2O. The Morgan fingerprint density at radius 1 is 1.14 bits per heavy atom. The number of hydrogen-bond acceptors (Lipinski definition) is 3. The van der Waals surface area contributed by atoms with E-state index in [9.17, 15) is 9.50 Å². The Bertz CT molecular complexity index is 810. The summed E-state index contributed by atoms with van der Waals surface area (Å²) in [4.78, 5) is 4.47. The molecule has 0 aliphatic carbocycles. The maximum Gasteiger partial charge on any atom is 0.129 e. The molecule has 3 nitrogen and oxygen atoms in total. The molecule has 1 unspecified atom stereocenters. The number of hydrogen-bond donors (Lipinski definition) is 2. The average Bonchev–Trinajstić information content (AvgIpc) is 2.53. The highest BCUT2D eigenvalue weighted by Gasteiger charge is 2.12. The predicted molar refractivity (Wildman–Crippen MR) is 89.3 cm³/mol. The number of benzene rings is 2. The number of aliphatic hydroxyl groups is 1. The number of rotatable bonds is 4. The van der Waals surface area contributed by atoms with E-state index in [0.29, 0.717) is 5.82 Å². The van der Waals surface area contributed by atoms with Crippen molar-refractivity contribution in [3.05, 3.63) is 70.5 Å². The molecule has 1 atom stereocenters. The molecule has 0 aliphatic rings. The van der Waals surface area contributed by atoms with E-state index in [1.165, 1.54) is 6.07 Å². The number of aromatic nitrogens is 1. The van der Waals surface area contributed by atoms with E-state index in [2.05, 4.69) is 26.2 Å². The molecule has 1 aromatic heterocycles. The second-order valence-corrected chi connectivity index (χ2v) is 5.87. The van der Waals surface area contributed by atoms with Crippen molar-refractivity contribution in [2.45, 2.75) is 6.10 Å². The molecule has 2 aromatic carbocycles. The first-order chi connectivity index (χ1) is 10.6. The van der Waals surface area contributed by atoms with E-state index in [-0.39, 0.29) is 12.1 Å². The van der Waals surface area contributed by atoms with Crippen LogP contribution in [0.25, 0.3) is 10.9 Å². The first-order valence-electron chi connectivity index (χ1n) is 6.86. The molecule has 0 saturated carbocycles. The highest BCUT2D eigenvalue weighted by molar-refractivity contribution is 9.10. The van der Waals surface area contributed by atoms with Gasteiger partial charge in [-0.25, -0.2) is 9.37 Å². The monoisotopic (exact) mass is 360 g/mol. The van der Waals surface area contributed by atoms with E-state index in [0.717, 1.165) is 15.4 Å². The molecule has 0 spiro atoms. The molecule has 1 heterocycles. The largest absolute Gasteiger partial charge is 0.386 e. The van der Waals surface area contributed by atoms with Gasteiger partial charge in [0, 0.05) is 22.0 Å². The van der Waals surface area contributed by atoms with Gasteiger partial charge in [0.15, 0.2) is 0 Å². The zero-order valence-electron chi connectivity index (χ0n) is 11.6. The van der Waals surface area contributed by atoms with Gasteiger partial charge in [0.2, 0.25) is 0 Å². The number of pyridine rings is 1. The Hall–Kier alpha value is -1.98. The molecule has 0 fully saturated rings. The minimum atomic E-state index is -0.927. The van der Waals surface area contributed by atoms with Crippen LogP contribution < -0.4 is 5.32 Å². The number of halogens is 2. The minimum Gasteiger partial charge on any atom is -0.386 e. The van der Waals surface area contributed by atoms with Gasteiger partial charge in [-0.2, -0.15) is 0 Å². The standard InChI is InChI=1S/C17H14BrFN2O/c18-12-6-7-15-11(9-12)5-8-17(21-15)20-10-16(22)13-3-1-2-4-14(13)19/h1-9,16,22H,10H2,(H,20,21). The zero-order chi connectivity index (χ0) is 15.5. The number of fused-ring (bicyclic) bond motifs is 1. The lowest BCUT2D eigenvalue weighted by molar-refractivity contribution is 0.186. The van der Waals surface area contributed by atoms with Gasteiger partial charge in [-0.3, -0.25) is 0 Å². The topological polar surface area (TPSA) is 45.1 Å². The van der Waals surface area contributed by atoms with Crippen molar-refractivity contribution in [1.29, 1.82) is 0 Å². The molecule has 22 heavy (non-hydrogen) atoms. The van der Waals surface area contributed by atoms with Crippen LogP contribution in [-0.4, -0.2) is 16.6 Å². The van der Waals surface area contributed by atoms with E-state index in [4.69, 9.17) is 0 Å². The van der Waals surface area contributed by atoms with Crippen LogP contribution in [0.15, 0.2) is 59.1 Å². The first kappa shape index (κ1) is 14.9. The van der Waals surface area contributed by atoms with E-state index in [1.807, 2.05) is 30.3 Å². The second kappa shape index (κ2) is 6.42. The molecule has 0 aliphatic heterocycles. The average molecular weight is 361 g/mol. The van der Waals surface area contributed by atoms with Gasteiger partial charge in [0.1, 0.15) is 11.6 Å². The van der Waals surface area contributed by atoms with Gasteiger partial charge < -0.3 is 10.4 Å². The molecule has 0 bridgehead atoms. The number of nitrogens with one attached hydrogen (secondary N) is 1. The summed E-state index contributed by atoms with van der Waals surface area (Å²) < 4.78 is 14.6. The van der Waals surface area contributed by atoms with E-state index >= 15 is 0 Å². The smallest absolute Gasteiger partial charge is 0.129 e. The summed E-state index contributed by atoms with van der Waals surface area (Å²) in [6.07, 6.45) is -0.927. The maximum atomic E-state index is 13.6. The van der Waals surface area contributed by atoms with Crippen LogP contribution in [0.2, 0.25) is 0 Å². The Balaban J connectivity index is 1.74. The normalized spacial score (nSPS) is 12.3. The second-order valence-electron chi connectivity index (χ2n) is 4.95. The fraction of sp³-hybridized carbons (Fsp3) is 0.118. The quantitative estimate of drug-likeness (QED) is 0.729. The summed E-state index contributed by atoms with van der Waals surface area (Å²) in [5, 5.41) is 14.1. The molecular weight excluding hydrogens is 347 g/mol. The van der Waals surface area contributed by atoms with Crippen molar-refractivity contribution in [2.24, 2.45) is 0 Å². The summed E-state index contributed by atoms with van der Waals surface area (Å²) in [5.41, 5.74) is 1.13. The Morgan fingerprint density at radius 3 is 2.77 bits per heavy atom. The highest BCUT2D eigenvalue weighted by atomic mass is 79.9. The Morgan fingerprint density at radius 2 is 1.95 bits per heavy atom. The van der Waals surface area contributed by atoms with Gasteiger partial charge in [-0.1, -0.05) is 34.1 Å². The maximum absolute atomic E-state index is 13.6. The minimum absolute atomic E-state index is 0.190. The van der Waals surface area contributed by atoms with Crippen molar-refractivity contribution in [3.63, 3.8) is 0 Å². The van der Waals surface area contributed by atoms with Gasteiger partial charge in [0.25, 0.3) is 0 Å². The third-order valence-corrected chi connectivity index (χ3v) is 3.89. The summed E-state index contributed by atoms with van der Waals surface area (Å²) >= 11 is 3.42. The third-order valence-electron chi connectivity index (χ3n) is 3.39. The lowest BCUT2D eigenvalue weighted by Gasteiger charge is -2.13. The first-order valence-corrected chi connectivity index (χ1v) is 7.65. The summed E-state index contributed by atoms with van der Waals surface area (Å²) in [6.45, 7) is 0.190. The molecule has 3 rings (SSSR count). The number of nitrogens with zero attached hydrogens (tertiary/aromatic N) is 1. The molecule has 0 saturated heterocycles. The van der Waals surface area contributed by atoms with Gasteiger partial charge in [-0.05, 0) is 36.4 Å². The van der Waals surface area contributed by atoms with Gasteiger partial charge in [-0.15, -0.1) is 0 Å². The molecule has 3 aromatic rings. The van der Waals surface area contributed by atoms with E-state index in [1.54, 1.807) is 18.2 Å². The number of aliphatic hydroxyl groups excluding tert-OH is 1. The van der Waals surface area contributed by atoms with Gasteiger partial charge >= 0.3 is 0 Å².